The van der Waals surface area contributed by atoms with E-state index in [0.717, 1.165) is 11.6 Å². The van der Waals surface area contributed by atoms with Crippen LogP contribution in [0.25, 0.3) is 0 Å². The molecule has 0 N–H and O–H groups in total. The molecule has 0 aliphatic heterocycles. The number of nitrogens with zero attached hydrogens (tertiary/aromatic N) is 2. The van der Waals surface area contributed by atoms with Crippen LogP contribution in [0.3, 0.4) is 0 Å². The number of aryl methyl sites for hydroxylation is 1. The van der Waals surface area contributed by atoms with Gasteiger partial charge in [-0.25, -0.2) is 0 Å². The second kappa shape index (κ2) is 6.44. The van der Waals surface area contributed by atoms with Crippen LogP contribution in [0.4, 0.5) is 0 Å². The lowest BCUT2D eigenvalue weighted by Gasteiger charge is -2.17. The Morgan fingerprint density at radius 2 is 1.95 bits per heavy atom. The van der Waals surface area contributed by atoms with Gasteiger partial charge in [0.05, 0.1) is 0 Å². The third-order valence-electron chi connectivity index (χ3n) is 3.99. The van der Waals surface area contributed by atoms with Gasteiger partial charge in [-0.3, -0.25) is 0 Å². The molecule has 106 valence electrons. The zero-order chi connectivity index (χ0) is 13.8. The summed E-state index contributed by atoms with van der Waals surface area (Å²) in [6.07, 6.45) is 6.32. The molecule has 0 bridgehead atoms. The monoisotopic (exact) mass is 288 g/mol. The van der Waals surface area contributed by atoms with Gasteiger partial charge in [0.1, 0.15) is 0 Å². The van der Waals surface area contributed by atoms with Crippen molar-refractivity contribution in [3.63, 3.8) is 0 Å². The van der Waals surface area contributed by atoms with E-state index in [-0.39, 0.29) is 0 Å². The van der Waals surface area contributed by atoms with Gasteiger partial charge < -0.3 is 4.42 Å². The van der Waals surface area contributed by atoms with Gasteiger partial charge in [-0.2, -0.15) is 0 Å². The Hall–Kier alpha value is -1.29. The predicted molar refractivity (Wildman–Crippen MR) is 80.9 cm³/mol. The zero-order valence-corrected chi connectivity index (χ0v) is 12.7. The SMILES string of the molecule is Cc1ccccc1CSc1nnc(C2CCCCC2)o1. The van der Waals surface area contributed by atoms with E-state index in [9.17, 15) is 0 Å². The van der Waals surface area contributed by atoms with Crippen LogP contribution in [0.15, 0.2) is 33.9 Å². The maximum Gasteiger partial charge on any atom is 0.276 e. The summed E-state index contributed by atoms with van der Waals surface area (Å²) >= 11 is 1.63. The van der Waals surface area contributed by atoms with Crippen LogP contribution in [0.5, 0.6) is 0 Å². The molecule has 3 rings (SSSR count). The lowest BCUT2D eigenvalue weighted by Crippen LogP contribution is -2.04. The van der Waals surface area contributed by atoms with Crippen LogP contribution >= 0.6 is 11.8 Å². The van der Waals surface area contributed by atoms with Crippen LogP contribution < -0.4 is 0 Å². The molecule has 20 heavy (non-hydrogen) atoms. The van der Waals surface area contributed by atoms with Gasteiger partial charge in [0.25, 0.3) is 5.22 Å². The maximum absolute atomic E-state index is 5.83. The minimum absolute atomic E-state index is 0.490. The molecular formula is C16H20N2OS. The molecule has 0 radical (unpaired) electrons. The standard InChI is InChI=1S/C16H20N2OS/c1-12-7-5-6-10-14(12)11-20-16-18-17-15(19-16)13-8-3-2-4-9-13/h5-7,10,13H,2-4,8-9,11H2,1H3. The van der Waals surface area contributed by atoms with Gasteiger partial charge in [0.15, 0.2) is 0 Å². The normalized spacial score (nSPS) is 16.4. The second-order valence-corrected chi connectivity index (χ2v) is 6.38. The summed E-state index contributed by atoms with van der Waals surface area (Å²) in [7, 11) is 0. The summed E-state index contributed by atoms with van der Waals surface area (Å²) in [4.78, 5) is 0. The van der Waals surface area contributed by atoms with Crippen LogP contribution in [-0.4, -0.2) is 10.2 Å². The summed E-state index contributed by atoms with van der Waals surface area (Å²) in [5.74, 6) is 2.22. The van der Waals surface area contributed by atoms with Crippen LogP contribution in [-0.2, 0) is 5.75 Å². The largest absolute Gasteiger partial charge is 0.416 e. The molecule has 1 aliphatic carbocycles. The van der Waals surface area contributed by atoms with Gasteiger partial charge in [-0.15, -0.1) is 10.2 Å². The molecule has 1 aromatic carbocycles. The van der Waals surface area contributed by atoms with E-state index < -0.39 is 0 Å². The van der Waals surface area contributed by atoms with Gasteiger partial charge in [-0.1, -0.05) is 55.3 Å². The predicted octanol–water partition coefficient (Wildman–Crippen LogP) is 4.72. The Morgan fingerprint density at radius 1 is 1.15 bits per heavy atom. The first kappa shape index (κ1) is 13.7. The van der Waals surface area contributed by atoms with Gasteiger partial charge in [0, 0.05) is 11.7 Å². The van der Waals surface area contributed by atoms with Crippen molar-refractivity contribution < 1.29 is 4.42 Å². The number of aromatic nitrogens is 2. The smallest absolute Gasteiger partial charge is 0.276 e. The molecule has 1 saturated carbocycles. The molecule has 2 aromatic rings. The van der Waals surface area contributed by atoms with Gasteiger partial charge in [0.2, 0.25) is 5.89 Å². The summed E-state index contributed by atoms with van der Waals surface area (Å²) in [5, 5.41) is 9.12. The molecule has 1 aliphatic rings. The molecule has 3 nitrogen and oxygen atoms in total. The Balaban J connectivity index is 1.61. The van der Waals surface area contributed by atoms with E-state index in [1.165, 1.54) is 43.2 Å². The third-order valence-corrected chi connectivity index (χ3v) is 4.86. The van der Waals surface area contributed by atoms with Gasteiger partial charge in [-0.05, 0) is 30.9 Å². The number of hydrogen-bond donors (Lipinski definition) is 0. The number of rotatable bonds is 4. The summed E-state index contributed by atoms with van der Waals surface area (Å²) in [6, 6.07) is 8.43. The minimum atomic E-state index is 0.490. The third kappa shape index (κ3) is 3.23. The van der Waals surface area contributed by atoms with E-state index in [1.807, 2.05) is 0 Å². The van der Waals surface area contributed by atoms with Crippen molar-refractivity contribution in [1.82, 2.24) is 10.2 Å². The zero-order valence-electron chi connectivity index (χ0n) is 11.8. The van der Waals surface area contributed by atoms with E-state index in [4.69, 9.17) is 4.42 Å². The fourth-order valence-corrected chi connectivity index (χ4v) is 3.55. The summed E-state index contributed by atoms with van der Waals surface area (Å²) < 4.78 is 5.83. The Morgan fingerprint density at radius 3 is 2.75 bits per heavy atom. The molecule has 0 amide bonds. The highest BCUT2D eigenvalue weighted by molar-refractivity contribution is 7.98. The minimum Gasteiger partial charge on any atom is -0.416 e. The van der Waals surface area contributed by atoms with Crippen molar-refractivity contribution in [2.45, 2.75) is 55.9 Å². The molecule has 4 heteroatoms. The summed E-state index contributed by atoms with van der Waals surface area (Å²) in [6.45, 7) is 2.14. The second-order valence-electron chi connectivity index (χ2n) is 5.46. The lowest BCUT2D eigenvalue weighted by molar-refractivity contribution is 0.334. The average molecular weight is 288 g/mol. The van der Waals surface area contributed by atoms with E-state index >= 15 is 0 Å². The molecular weight excluding hydrogens is 268 g/mol. The van der Waals surface area contributed by atoms with E-state index in [1.54, 1.807) is 11.8 Å². The van der Waals surface area contributed by atoms with Crippen molar-refractivity contribution in [3.05, 3.63) is 41.3 Å². The fraction of sp³-hybridized carbons (Fsp3) is 0.500. The van der Waals surface area contributed by atoms with Crippen molar-refractivity contribution >= 4 is 11.8 Å². The average Bonchev–Trinajstić information content (AvgIpc) is 2.96. The highest BCUT2D eigenvalue weighted by Crippen LogP contribution is 2.33. The Bertz CT molecular complexity index is 561. The van der Waals surface area contributed by atoms with E-state index in [2.05, 4.69) is 41.4 Å². The van der Waals surface area contributed by atoms with Crippen molar-refractivity contribution in [1.29, 1.82) is 0 Å². The Labute approximate surface area is 124 Å². The number of benzene rings is 1. The highest BCUT2D eigenvalue weighted by atomic mass is 32.2. The molecule has 1 heterocycles. The van der Waals surface area contributed by atoms with Crippen LogP contribution in [0.1, 0.15) is 55.0 Å². The molecule has 1 fully saturated rings. The fourth-order valence-electron chi connectivity index (χ4n) is 2.70. The molecule has 0 saturated heterocycles. The summed E-state index contributed by atoms with van der Waals surface area (Å²) in [5.41, 5.74) is 2.64. The molecule has 0 spiro atoms. The molecule has 0 unspecified atom stereocenters. The van der Waals surface area contributed by atoms with E-state index in [0.29, 0.717) is 11.1 Å². The maximum atomic E-state index is 5.83. The first-order chi connectivity index (χ1) is 9.83. The Kier molecular flexibility index (Phi) is 4.41. The van der Waals surface area contributed by atoms with Crippen molar-refractivity contribution in [3.8, 4) is 0 Å². The molecule has 0 atom stereocenters. The van der Waals surface area contributed by atoms with Crippen molar-refractivity contribution in [2.24, 2.45) is 0 Å². The van der Waals surface area contributed by atoms with Crippen LogP contribution in [0, 0.1) is 6.92 Å². The topological polar surface area (TPSA) is 38.9 Å². The molecule has 1 aromatic heterocycles. The number of thioether (sulfide) groups is 1. The highest BCUT2D eigenvalue weighted by Gasteiger charge is 2.21. The first-order valence-corrected chi connectivity index (χ1v) is 8.32. The first-order valence-electron chi connectivity index (χ1n) is 7.33. The van der Waals surface area contributed by atoms with Crippen molar-refractivity contribution in [2.75, 3.05) is 0 Å². The quantitative estimate of drug-likeness (QED) is 0.763. The van der Waals surface area contributed by atoms with Crippen LogP contribution in [0.2, 0.25) is 0 Å². The van der Waals surface area contributed by atoms with Gasteiger partial charge >= 0.3 is 0 Å². The lowest BCUT2D eigenvalue weighted by atomic mass is 9.89. The number of hydrogen-bond acceptors (Lipinski definition) is 4.